The lowest BCUT2D eigenvalue weighted by molar-refractivity contribution is 0.0697. The second-order valence-corrected chi connectivity index (χ2v) is 6.51. The molecule has 0 aliphatic heterocycles. The van der Waals surface area contributed by atoms with Gasteiger partial charge in [-0.05, 0) is 40.5 Å². The van der Waals surface area contributed by atoms with Gasteiger partial charge in [0.05, 0.1) is 19.9 Å². The number of aryl methyl sites for hydroxylation is 1. The zero-order valence-electron chi connectivity index (χ0n) is 10.5. The minimum absolute atomic E-state index is 0.298. The lowest BCUT2D eigenvalue weighted by Gasteiger charge is -2.08. The van der Waals surface area contributed by atoms with Gasteiger partial charge in [-0.25, -0.2) is 13.6 Å². The van der Waals surface area contributed by atoms with E-state index in [1.54, 1.807) is 13.0 Å². The van der Waals surface area contributed by atoms with Crippen molar-refractivity contribution in [3.63, 3.8) is 0 Å². The summed E-state index contributed by atoms with van der Waals surface area (Å²) in [4.78, 5) is 23.4. The number of carboxylic acids is 1. The summed E-state index contributed by atoms with van der Waals surface area (Å²) in [5.74, 6) is -4.59. The average molecular weight is 376 g/mol. The number of amides is 1. The molecule has 2 rings (SSSR count). The van der Waals surface area contributed by atoms with Crippen molar-refractivity contribution in [3.8, 4) is 0 Å². The first-order chi connectivity index (χ1) is 9.79. The summed E-state index contributed by atoms with van der Waals surface area (Å²) in [7, 11) is 0. The fourth-order valence-corrected chi connectivity index (χ4v) is 3.01. The van der Waals surface area contributed by atoms with Gasteiger partial charge in [-0.15, -0.1) is 11.3 Å². The van der Waals surface area contributed by atoms with Crippen LogP contribution in [0.1, 0.15) is 25.6 Å². The predicted molar refractivity (Wildman–Crippen MR) is 78.0 cm³/mol. The number of anilines is 1. The van der Waals surface area contributed by atoms with Crippen LogP contribution in [-0.2, 0) is 0 Å². The minimum atomic E-state index is -1.47. The summed E-state index contributed by atoms with van der Waals surface area (Å²) >= 11 is 4.42. The van der Waals surface area contributed by atoms with Crippen LogP contribution in [0.2, 0.25) is 0 Å². The molecule has 1 amide bonds. The van der Waals surface area contributed by atoms with E-state index in [4.69, 9.17) is 5.11 Å². The molecule has 4 nitrogen and oxygen atoms in total. The number of aromatic carboxylic acids is 1. The highest BCUT2D eigenvalue weighted by atomic mass is 79.9. The van der Waals surface area contributed by atoms with E-state index < -0.39 is 29.1 Å². The van der Waals surface area contributed by atoms with Crippen LogP contribution in [0.3, 0.4) is 0 Å². The summed E-state index contributed by atoms with van der Waals surface area (Å²) in [5, 5.41) is 11.2. The highest BCUT2D eigenvalue weighted by Gasteiger charge is 2.19. The third-order valence-electron chi connectivity index (χ3n) is 2.62. The third-order valence-corrected chi connectivity index (χ3v) is 4.76. The summed E-state index contributed by atoms with van der Waals surface area (Å²) in [5.41, 5.74) is 0.0251. The maximum Gasteiger partial charge on any atom is 0.337 e. The topological polar surface area (TPSA) is 66.4 Å². The van der Waals surface area contributed by atoms with Crippen molar-refractivity contribution in [3.05, 3.63) is 49.6 Å². The molecule has 0 atom stereocenters. The molecule has 1 aromatic carbocycles. The number of halogens is 3. The highest BCUT2D eigenvalue weighted by Crippen LogP contribution is 2.28. The Kier molecular flexibility index (Phi) is 4.38. The van der Waals surface area contributed by atoms with Crippen molar-refractivity contribution in [2.24, 2.45) is 0 Å². The van der Waals surface area contributed by atoms with Crippen molar-refractivity contribution in [1.29, 1.82) is 0 Å². The van der Waals surface area contributed by atoms with Crippen molar-refractivity contribution >= 4 is 44.8 Å². The van der Waals surface area contributed by atoms with Crippen LogP contribution >= 0.6 is 27.3 Å². The van der Waals surface area contributed by atoms with E-state index in [1.165, 1.54) is 0 Å². The second kappa shape index (κ2) is 5.90. The zero-order valence-corrected chi connectivity index (χ0v) is 12.9. The van der Waals surface area contributed by atoms with E-state index in [2.05, 4.69) is 21.2 Å². The molecule has 0 aliphatic rings. The Hall–Kier alpha value is -1.80. The van der Waals surface area contributed by atoms with E-state index in [-0.39, 0.29) is 5.69 Å². The van der Waals surface area contributed by atoms with Gasteiger partial charge >= 0.3 is 5.97 Å². The Morgan fingerprint density at radius 2 is 1.86 bits per heavy atom. The van der Waals surface area contributed by atoms with Crippen LogP contribution in [0.4, 0.5) is 14.5 Å². The predicted octanol–water partition coefficient (Wildman–Crippen LogP) is 4.05. The largest absolute Gasteiger partial charge is 0.478 e. The van der Waals surface area contributed by atoms with Crippen molar-refractivity contribution in [2.75, 3.05) is 5.32 Å². The highest BCUT2D eigenvalue weighted by molar-refractivity contribution is 9.11. The number of thiophene rings is 1. The Morgan fingerprint density at radius 3 is 2.38 bits per heavy atom. The van der Waals surface area contributed by atoms with E-state index in [0.717, 1.165) is 20.7 Å². The number of hydrogen-bond acceptors (Lipinski definition) is 3. The monoisotopic (exact) mass is 375 g/mol. The number of rotatable bonds is 3. The fourth-order valence-electron chi connectivity index (χ4n) is 1.58. The van der Waals surface area contributed by atoms with Crippen LogP contribution in [-0.4, -0.2) is 17.0 Å². The molecule has 0 unspecified atom stereocenters. The summed E-state index contributed by atoms with van der Waals surface area (Å²) in [6.07, 6.45) is 0. The van der Waals surface area contributed by atoms with Gasteiger partial charge < -0.3 is 10.4 Å². The van der Waals surface area contributed by atoms with Gasteiger partial charge in [0, 0.05) is 6.07 Å². The molecular weight excluding hydrogens is 368 g/mol. The van der Waals surface area contributed by atoms with Gasteiger partial charge in [0.15, 0.2) is 11.6 Å². The van der Waals surface area contributed by atoms with Crippen LogP contribution in [0.5, 0.6) is 0 Å². The Balaban J connectivity index is 2.36. The molecule has 0 bridgehead atoms. The minimum Gasteiger partial charge on any atom is -0.478 e. The van der Waals surface area contributed by atoms with Crippen molar-refractivity contribution in [1.82, 2.24) is 0 Å². The van der Waals surface area contributed by atoms with Gasteiger partial charge in [-0.2, -0.15) is 0 Å². The Bertz CT molecular complexity index is 726. The Labute approximate surface area is 130 Å². The first-order valence-corrected chi connectivity index (χ1v) is 7.20. The molecule has 0 fully saturated rings. The number of nitrogens with one attached hydrogen (secondary N) is 1. The number of benzene rings is 1. The molecule has 1 aromatic heterocycles. The molecule has 0 aliphatic carbocycles. The average Bonchev–Trinajstić information content (AvgIpc) is 2.73. The van der Waals surface area contributed by atoms with Gasteiger partial charge in [0.2, 0.25) is 0 Å². The molecule has 2 aromatic rings. The fraction of sp³-hybridized carbons (Fsp3) is 0.0769. The van der Waals surface area contributed by atoms with E-state index >= 15 is 0 Å². The summed E-state index contributed by atoms with van der Waals surface area (Å²) in [6.45, 7) is 1.79. The molecule has 8 heteroatoms. The molecular formula is C13H8BrF2NO3S. The number of carbonyl (C=O) groups is 2. The number of carboxylic acid groups (broad SMARTS) is 1. The second-order valence-electron chi connectivity index (χ2n) is 4.14. The molecule has 0 saturated heterocycles. The van der Waals surface area contributed by atoms with E-state index in [0.29, 0.717) is 17.0 Å². The van der Waals surface area contributed by atoms with Gasteiger partial charge in [0.25, 0.3) is 5.91 Å². The Morgan fingerprint density at radius 1 is 1.24 bits per heavy atom. The normalized spacial score (nSPS) is 10.5. The lowest BCUT2D eigenvalue weighted by Crippen LogP contribution is -2.14. The van der Waals surface area contributed by atoms with Gasteiger partial charge in [0.1, 0.15) is 0 Å². The van der Waals surface area contributed by atoms with Gasteiger partial charge in [-0.1, -0.05) is 0 Å². The first kappa shape index (κ1) is 15.6. The maximum absolute atomic E-state index is 13.2. The molecule has 21 heavy (non-hydrogen) atoms. The smallest absolute Gasteiger partial charge is 0.337 e. The van der Waals surface area contributed by atoms with Crippen LogP contribution in [0.15, 0.2) is 22.0 Å². The van der Waals surface area contributed by atoms with Crippen molar-refractivity contribution < 1.29 is 23.5 Å². The summed E-state index contributed by atoms with van der Waals surface area (Å²) in [6, 6.07) is 2.78. The quantitative estimate of drug-likeness (QED) is 0.850. The standard InChI is InChI=1S/C13H8BrF2NO3S/c1-5-2-10(21-11(5)14)12(18)17-9-4-8(16)7(15)3-6(9)13(19)20/h2-4H,1H3,(H,17,18)(H,19,20). The first-order valence-electron chi connectivity index (χ1n) is 5.59. The molecule has 0 spiro atoms. The molecule has 0 radical (unpaired) electrons. The number of hydrogen-bond donors (Lipinski definition) is 2. The molecule has 1 heterocycles. The molecule has 2 N–H and O–H groups in total. The van der Waals surface area contributed by atoms with E-state index in [9.17, 15) is 18.4 Å². The zero-order chi connectivity index (χ0) is 15.7. The van der Waals surface area contributed by atoms with E-state index in [1.807, 2.05) is 0 Å². The van der Waals surface area contributed by atoms with Crippen LogP contribution in [0.25, 0.3) is 0 Å². The van der Waals surface area contributed by atoms with Crippen molar-refractivity contribution in [2.45, 2.75) is 6.92 Å². The third kappa shape index (κ3) is 3.27. The van der Waals surface area contributed by atoms with Crippen LogP contribution in [0, 0.1) is 18.6 Å². The summed E-state index contributed by atoms with van der Waals surface area (Å²) < 4.78 is 27.1. The van der Waals surface area contributed by atoms with Crippen LogP contribution < -0.4 is 5.32 Å². The SMILES string of the molecule is Cc1cc(C(=O)Nc2cc(F)c(F)cc2C(=O)O)sc1Br. The maximum atomic E-state index is 13.2. The molecule has 110 valence electrons. The molecule has 0 saturated carbocycles. The number of carbonyl (C=O) groups excluding carboxylic acids is 1. The lowest BCUT2D eigenvalue weighted by atomic mass is 10.1. The van der Waals surface area contributed by atoms with Gasteiger partial charge in [-0.3, -0.25) is 4.79 Å².